The lowest BCUT2D eigenvalue weighted by Crippen LogP contribution is -2.21. The van der Waals surface area contributed by atoms with Gasteiger partial charge in [0.05, 0.1) is 6.10 Å². The summed E-state index contributed by atoms with van der Waals surface area (Å²) in [6, 6.07) is 8.67. The molecule has 0 amide bonds. The quantitative estimate of drug-likeness (QED) is 0.847. The average Bonchev–Trinajstić information content (AvgIpc) is 2.82. The first-order valence-corrected chi connectivity index (χ1v) is 6.79. The highest BCUT2D eigenvalue weighted by atomic mass is 16.5. The molecule has 0 spiro atoms. The van der Waals surface area contributed by atoms with E-state index < -0.39 is 0 Å². The van der Waals surface area contributed by atoms with E-state index >= 15 is 0 Å². The molecule has 0 heterocycles. The van der Waals surface area contributed by atoms with Crippen molar-refractivity contribution in [1.29, 1.82) is 0 Å². The fraction of sp³-hybridized carbons (Fsp3) is 0.600. The molecular weight excluding hydrogens is 210 g/mol. The van der Waals surface area contributed by atoms with Crippen molar-refractivity contribution in [2.24, 2.45) is 5.73 Å². The maximum atomic E-state index is 5.99. The first-order chi connectivity index (χ1) is 8.28. The van der Waals surface area contributed by atoms with Gasteiger partial charge in [-0.25, -0.2) is 0 Å². The minimum atomic E-state index is 0.261. The molecule has 1 aliphatic carbocycles. The van der Waals surface area contributed by atoms with Gasteiger partial charge in [-0.1, -0.05) is 19.1 Å². The summed E-state index contributed by atoms with van der Waals surface area (Å²) >= 11 is 0. The second kappa shape index (κ2) is 6.06. The van der Waals surface area contributed by atoms with Crippen LogP contribution in [-0.4, -0.2) is 12.1 Å². The standard InChI is InChI=1S/C15H23NO/c1-2-13(16)10-12-6-5-9-15(11-12)17-14-7-3-4-8-14/h5-6,9,11,13-14H,2-4,7-8,10,16H2,1H3. The van der Waals surface area contributed by atoms with Crippen LogP contribution in [0.15, 0.2) is 24.3 Å². The molecule has 0 aromatic heterocycles. The van der Waals surface area contributed by atoms with Gasteiger partial charge in [-0.2, -0.15) is 0 Å². The van der Waals surface area contributed by atoms with E-state index in [1.165, 1.54) is 31.2 Å². The molecule has 2 nitrogen and oxygen atoms in total. The number of hydrogen-bond acceptors (Lipinski definition) is 2. The van der Waals surface area contributed by atoms with E-state index in [0.29, 0.717) is 6.10 Å². The minimum absolute atomic E-state index is 0.261. The fourth-order valence-electron chi connectivity index (χ4n) is 2.39. The fourth-order valence-corrected chi connectivity index (χ4v) is 2.39. The molecule has 2 N–H and O–H groups in total. The lowest BCUT2D eigenvalue weighted by atomic mass is 10.0. The van der Waals surface area contributed by atoms with Gasteiger partial charge in [0.25, 0.3) is 0 Å². The van der Waals surface area contributed by atoms with Crippen LogP contribution < -0.4 is 10.5 Å². The molecule has 0 radical (unpaired) electrons. The molecule has 2 rings (SSSR count). The minimum Gasteiger partial charge on any atom is -0.490 e. The molecule has 1 aromatic carbocycles. The predicted octanol–water partition coefficient (Wildman–Crippen LogP) is 3.29. The van der Waals surface area contributed by atoms with E-state index in [2.05, 4.69) is 31.2 Å². The van der Waals surface area contributed by atoms with E-state index in [9.17, 15) is 0 Å². The summed E-state index contributed by atoms with van der Waals surface area (Å²) in [4.78, 5) is 0. The largest absolute Gasteiger partial charge is 0.490 e. The van der Waals surface area contributed by atoms with E-state index in [-0.39, 0.29) is 6.04 Å². The molecule has 2 heteroatoms. The van der Waals surface area contributed by atoms with Crippen LogP contribution in [-0.2, 0) is 6.42 Å². The SMILES string of the molecule is CCC(N)Cc1cccc(OC2CCCC2)c1. The summed E-state index contributed by atoms with van der Waals surface area (Å²) in [6.45, 7) is 2.13. The van der Waals surface area contributed by atoms with Crippen molar-refractivity contribution in [3.8, 4) is 5.75 Å². The molecule has 1 atom stereocenters. The van der Waals surface area contributed by atoms with Crippen molar-refractivity contribution in [3.63, 3.8) is 0 Å². The van der Waals surface area contributed by atoms with Crippen molar-refractivity contribution in [2.75, 3.05) is 0 Å². The van der Waals surface area contributed by atoms with Gasteiger partial charge in [0.15, 0.2) is 0 Å². The zero-order valence-corrected chi connectivity index (χ0v) is 10.7. The first-order valence-electron chi connectivity index (χ1n) is 6.79. The zero-order valence-electron chi connectivity index (χ0n) is 10.7. The molecule has 1 unspecified atom stereocenters. The molecule has 0 bridgehead atoms. The third-order valence-electron chi connectivity index (χ3n) is 3.53. The van der Waals surface area contributed by atoms with Gasteiger partial charge in [0.1, 0.15) is 5.75 Å². The molecule has 1 aliphatic rings. The Kier molecular flexibility index (Phi) is 4.43. The molecule has 0 saturated heterocycles. The van der Waals surface area contributed by atoms with E-state index in [4.69, 9.17) is 10.5 Å². The van der Waals surface area contributed by atoms with Crippen LogP contribution in [0.2, 0.25) is 0 Å². The Hall–Kier alpha value is -1.02. The lowest BCUT2D eigenvalue weighted by Gasteiger charge is -2.15. The molecule has 1 fully saturated rings. The number of ether oxygens (including phenoxy) is 1. The van der Waals surface area contributed by atoms with E-state index in [0.717, 1.165) is 18.6 Å². The summed E-state index contributed by atoms with van der Waals surface area (Å²) < 4.78 is 5.99. The van der Waals surface area contributed by atoms with Crippen LogP contribution in [0.1, 0.15) is 44.6 Å². The van der Waals surface area contributed by atoms with Crippen LogP contribution in [0.5, 0.6) is 5.75 Å². The Bertz CT molecular complexity index is 345. The van der Waals surface area contributed by atoms with Crippen LogP contribution >= 0.6 is 0 Å². The number of nitrogens with two attached hydrogens (primary N) is 1. The average molecular weight is 233 g/mol. The highest BCUT2D eigenvalue weighted by molar-refractivity contribution is 5.29. The number of rotatable bonds is 5. The van der Waals surface area contributed by atoms with Crippen molar-refractivity contribution >= 4 is 0 Å². The van der Waals surface area contributed by atoms with Crippen molar-refractivity contribution < 1.29 is 4.74 Å². The molecule has 1 aromatic rings. The Balaban J connectivity index is 1.95. The normalized spacial score (nSPS) is 18.2. The van der Waals surface area contributed by atoms with Crippen molar-refractivity contribution in [3.05, 3.63) is 29.8 Å². The Morgan fingerprint density at radius 2 is 2.12 bits per heavy atom. The molecule has 0 aliphatic heterocycles. The van der Waals surface area contributed by atoms with Crippen molar-refractivity contribution in [2.45, 2.75) is 57.6 Å². The summed E-state index contributed by atoms with van der Waals surface area (Å²) in [5.41, 5.74) is 7.26. The van der Waals surface area contributed by atoms with Crippen LogP contribution in [0.3, 0.4) is 0 Å². The van der Waals surface area contributed by atoms with Gasteiger partial charge >= 0.3 is 0 Å². The molecule has 1 saturated carbocycles. The molecule has 94 valence electrons. The Morgan fingerprint density at radius 3 is 2.82 bits per heavy atom. The lowest BCUT2D eigenvalue weighted by molar-refractivity contribution is 0.210. The third kappa shape index (κ3) is 3.74. The monoisotopic (exact) mass is 233 g/mol. The smallest absolute Gasteiger partial charge is 0.119 e. The maximum absolute atomic E-state index is 5.99. The Labute approximate surface area is 104 Å². The Morgan fingerprint density at radius 1 is 1.35 bits per heavy atom. The number of hydrogen-bond donors (Lipinski definition) is 1. The molecular formula is C15H23NO. The summed E-state index contributed by atoms with van der Waals surface area (Å²) in [6.07, 6.45) is 7.43. The molecule has 17 heavy (non-hydrogen) atoms. The van der Waals surface area contributed by atoms with E-state index in [1.807, 2.05) is 0 Å². The first kappa shape index (κ1) is 12.4. The summed E-state index contributed by atoms with van der Waals surface area (Å²) in [5.74, 6) is 1.01. The van der Waals surface area contributed by atoms with Crippen molar-refractivity contribution in [1.82, 2.24) is 0 Å². The van der Waals surface area contributed by atoms with Gasteiger partial charge in [-0.05, 0) is 56.2 Å². The number of benzene rings is 1. The van der Waals surface area contributed by atoms with Gasteiger partial charge in [0, 0.05) is 6.04 Å². The second-order valence-corrected chi connectivity index (χ2v) is 5.04. The van der Waals surface area contributed by atoms with E-state index in [1.54, 1.807) is 0 Å². The van der Waals surface area contributed by atoms with Gasteiger partial charge in [-0.15, -0.1) is 0 Å². The van der Waals surface area contributed by atoms with Gasteiger partial charge in [0.2, 0.25) is 0 Å². The van der Waals surface area contributed by atoms with Crippen LogP contribution in [0.25, 0.3) is 0 Å². The van der Waals surface area contributed by atoms with Crippen LogP contribution in [0, 0.1) is 0 Å². The summed E-state index contributed by atoms with van der Waals surface area (Å²) in [5, 5.41) is 0. The van der Waals surface area contributed by atoms with Gasteiger partial charge in [-0.3, -0.25) is 0 Å². The topological polar surface area (TPSA) is 35.2 Å². The third-order valence-corrected chi connectivity index (χ3v) is 3.53. The summed E-state index contributed by atoms with van der Waals surface area (Å²) in [7, 11) is 0. The predicted molar refractivity (Wildman–Crippen MR) is 71.3 cm³/mol. The van der Waals surface area contributed by atoms with Crippen LogP contribution in [0.4, 0.5) is 0 Å². The maximum Gasteiger partial charge on any atom is 0.119 e. The second-order valence-electron chi connectivity index (χ2n) is 5.04. The zero-order chi connectivity index (χ0) is 12.1. The van der Waals surface area contributed by atoms with Gasteiger partial charge < -0.3 is 10.5 Å². The highest BCUT2D eigenvalue weighted by Crippen LogP contribution is 2.24. The highest BCUT2D eigenvalue weighted by Gasteiger charge is 2.16.